The minimum absolute atomic E-state index is 0.362. The number of nitrogen functional groups attached to an aromatic ring is 1. The minimum Gasteiger partial charge on any atom is -0.396 e. The standard InChI is InChI=1S/C16H20BrN3O/c1-10(11-4-6-21-7-5-11)20-16-13-8-12(17)2-3-15(13)19-9-14(16)18/h2-3,8-11H,4-7,18H2,1H3,(H,19,20). The van der Waals surface area contributed by atoms with Crippen molar-refractivity contribution in [1.29, 1.82) is 0 Å². The van der Waals surface area contributed by atoms with Crippen molar-refractivity contribution in [1.82, 2.24) is 4.98 Å². The number of benzene rings is 1. The van der Waals surface area contributed by atoms with Crippen molar-refractivity contribution in [3.63, 3.8) is 0 Å². The summed E-state index contributed by atoms with van der Waals surface area (Å²) in [6, 6.07) is 6.43. The fourth-order valence-electron chi connectivity index (χ4n) is 2.90. The van der Waals surface area contributed by atoms with Crippen molar-refractivity contribution >= 4 is 38.2 Å². The lowest BCUT2D eigenvalue weighted by molar-refractivity contribution is 0.0622. The number of nitrogens with one attached hydrogen (secondary N) is 1. The lowest BCUT2D eigenvalue weighted by Crippen LogP contribution is -2.31. The Morgan fingerprint density at radius 3 is 2.90 bits per heavy atom. The summed E-state index contributed by atoms with van der Waals surface area (Å²) in [5.74, 6) is 0.619. The van der Waals surface area contributed by atoms with E-state index in [2.05, 4.69) is 39.2 Å². The second-order valence-corrected chi connectivity index (χ2v) is 6.55. The monoisotopic (exact) mass is 349 g/mol. The maximum absolute atomic E-state index is 6.15. The molecule has 1 unspecified atom stereocenters. The summed E-state index contributed by atoms with van der Waals surface area (Å²) in [5.41, 5.74) is 8.78. The fourth-order valence-corrected chi connectivity index (χ4v) is 3.26. The highest BCUT2D eigenvalue weighted by Crippen LogP contribution is 2.32. The number of nitrogens with zero attached hydrogens (tertiary/aromatic N) is 1. The predicted molar refractivity (Wildman–Crippen MR) is 90.5 cm³/mol. The van der Waals surface area contributed by atoms with Crippen molar-refractivity contribution in [2.24, 2.45) is 5.92 Å². The molecule has 0 saturated carbocycles. The summed E-state index contributed by atoms with van der Waals surface area (Å²) in [7, 11) is 0. The quantitative estimate of drug-likeness (QED) is 0.884. The van der Waals surface area contributed by atoms with Crippen LogP contribution in [0.1, 0.15) is 19.8 Å². The smallest absolute Gasteiger partial charge is 0.0743 e. The first-order valence-electron chi connectivity index (χ1n) is 7.33. The van der Waals surface area contributed by atoms with Gasteiger partial charge in [-0.25, -0.2) is 0 Å². The molecule has 1 atom stereocenters. The molecule has 1 aliphatic rings. The Morgan fingerprint density at radius 1 is 1.38 bits per heavy atom. The largest absolute Gasteiger partial charge is 0.396 e. The lowest BCUT2D eigenvalue weighted by Gasteiger charge is -2.29. The van der Waals surface area contributed by atoms with Gasteiger partial charge in [-0.1, -0.05) is 15.9 Å². The molecular weight excluding hydrogens is 330 g/mol. The average Bonchev–Trinajstić information content (AvgIpc) is 2.51. The summed E-state index contributed by atoms with van der Waals surface area (Å²) in [6.07, 6.45) is 3.93. The van der Waals surface area contributed by atoms with E-state index < -0.39 is 0 Å². The van der Waals surface area contributed by atoms with E-state index in [1.54, 1.807) is 6.20 Å². The van der Waals surface area contributed by atoms with Crippen molar-refractivity contribution in [2.75, 3.05) is 24.3 Å². The number of anilines is 2. The molecule has 2 aromatic rings. The third-order valence-corrected chi connectivity index (χ3v) is 4.70. The van der Waals surface area contributed by atoms with Gasteiger partial charge in [-0.05, 0) is 43.9 Å². The van der Waals surface area contributed by atoms with Gasteiger partial charge in [0.2, 0.25) is 0 Å². The molecule has 1 aromatic heterocycles. The zero-order valence-corrected chi connectivity index (χ0v) is 13.7. The summed E-state index contributed by atoms with van der Waals surface area (Å²) < 4.78 is 6.47. The number of nitrogens with two attached hydrogens (primary N) is 1. The molecule has 0 aliphatic carbocycles. The molecule has 112 valence electrons. The van der Waals surface area contributed by atoms with Crippen LogP contribution in [-0.4, -0.2) is 24.2 Å². The normalized spacial score (nSPS) is 17.8. The molecule has 1 saturated heterocycles. The molecule has 1 aliphatic heterocycles. The fraction of sp³-hybridized carbons (Fsp3) is 0.438. The SMILES string of the molecule is CC(Nc1c(N)cnc2ccc(Br)cc12)C1CCOCC1. The van der Waals surface area contributed by atoms with Gasteiger partial charge in [0.1, 0.15) is 0 Å². The number of pyridine rings is 1. The predicted octanol–water partition coefficient (Wildman–Crippen LogP) is 3.81. The molecule has 5 heteroatoms. The molecule has 2 heterocycles. The van der Waals surface area contributed by atoms with Crippen molar-refractivity contribution in [3.05, 3.63) is 28.9 Å². The highest BCUT2D eigenvalue weighted by atomic mass is 79.9. The summed E-state index contributed by atoms with van der Waals surface area (Å²) >= 11 is 3.52. The Bertz CT molecular complexity index is 635. The third-order valence-electron chi connectivity index (χ3n) is 4.20. The van der Waals surface area contributed by atoms with Crippen LogP contribution in [0.25, 0.3) is 10.9 Å². The van der Waals surface area contributed by atoms with Crippen LogP contribution in [0.3, 0.4) is 0 Å². The van der Waals surface area contributed by atoms with E-state index in [0.717, 1.165) is 47.1 Å². The maximum Gasteiger partial charge on any atom is 0.0743 e. The highest BCUT2D eigenvalue weighted by molar-refractivity contribution is 9.10. The van der Waals surface area contributed by atoms with Crippen LogP contribution < -0.4 is 11.1 Å². The third kappa shape index (κ3) is 3.14. The molecule has 4 nitrogen and oxygen atoms in total. The van der Waals surface area contributed by atoms with Crippen molar-refractivity contribution in [2.45, 2.75) is 25.8 Å². The topological polar surface area (TPSA) is 60.2 Å². The van der Waals surface area contributed by atoms with E-state index in [1.807, 2.05) is 12.1 Å². The van der Waals surface area contributed by atoms with Crippen LogP contribution in [0.5, 0.6) is 0 Å². The Hall–Kier alpha value is -1.33. The van der Waals surface area contributed by atoms with Crippen LogP contribution >= 0.6 is 15.9 Å². The van der Waals surface area contributed by atoms with Gasteiger partial charge in [0.15, 0.2) is 0 Å². The lowest BCUT2D eigenvalue weighted by atomic mass is 9.92. The van der Waals surface area contributed by atoms with E-state index in [4.69, 9.17) is 10.5 Å². The second-order valence-electron chi connectivity index (χ2n) is 5.63. The number of ether oxygens (including phenoxy) is 1. The van der Waals surface area contributed by atoms with Crippen LogP contribution in [0.4, 0.5) is 11.4 Å². The Balaban J connectivity index is 1.91. The van der Waals surface area contributed by atoms with Crippen molar-refractivity contribution < 1.29 is 4.74 Å². The van der Waals surface area contributed by atoms with Crippen molar-refractivity contribution in [3.8, 4) is 0 Å². The van der Waals surface area contributed by atoms with Gasteiger partial charge in [-0.3, -0.25) is 4.98 Å². The molecule has 0 amide bonds. The van der Waals surface area contributed by atoms with Gasteiger partial charge in [0, 0.05) is 29.1 Å². The van der Waals surface area contributed by atoms with Gasteiger partial charge in [0.25, 0.3) is 0 Å². The molecule has 21 heavy (non-hydrogen) atoms. The average molecular weight is 350 g/mol. The van der Waals surface area contributed by atoms with Crippen LogP contribution in [0.15, 0.2) is 28.9 Å². The Labute approximate surface area is 133 Å². The second kappa shape index (κ2) is 6.20. The van der Waals surface area contributed by atoms with Crippen LogP contribution in [-0.2, 0) is 4.74 Å². The summed E-state index contributed by atoms with van der Waals surface area (Å²) in [4.78, 5) is 4.40. The molecule has 1 fully saturated rings. The van der Waals surface area contributed by atoms with Gasteiger partial charge in [-0.2, -0.15) is 0 Å². The van der Waals surface area contributed by atoms with Gasteiger partial charge < -0.3 is 15.8 Å². The van der Waals surface area contributed by atoms with Gasteiger partial charge in [0.05, 0.1) is 23.1 Å². The van der Waals surface area contributed by atoms with E-state index in [1.165, 1.54) is 0 Å². The molecule has 0 radical (unpaired) electrons. The molecule has 0 spiro atoms. The first-order chi connectivity index (χ1) is 10.1. The number of rotatable bonds is 3. The Morgan fingerprint density at radius 2 is 2.14 bits per heavy atom. The zero-order valence-electron chi connectivity index (χ0n) is 12.1. The zero-order chi connectivity index (χ0) is 14.8. The molecular formula is C16H20BrN3O. The number of fused-ring (bicyclic) bond motifs is 1. The van der Waals surface area contributed by atoms with E-state index in [9.17, 15) is 0 Å². The van der Waals surface area contributed by atoms with Crippen LogP contribution in [0.2, 0.25) is 0 Å². The minimum atomic E-state index is 0.362. The van der Waals surface area contributed by atoms with E-state index in [0.29, 0.717) is 17.6 Å². The molecule has 3 N–H and O–H groups in total. The first-order valence-corrected chi connectivity index (χ1v) is 8.12. The first kappa shape index (κ1) is 14.6. The summed E-state index contributed by atoms with van der Waals surface area (Å²) in [6.45, 7) is 3.93. The number of hydrogen-bond donors (Lipinski definition) is 2. The number of halogens is 1. The summed E-state index contributed by atoms with van der Waals surface area (Å²) in [5, 5.41) is 4.67. The molecule has 0 bridgehead atoms. The van der Waals surface area contributed by atoms with Gasteiger partial charge >= 0.3 is 0 Å². The van der Waals surface area contributed by atoms with E-state index in [-0.39, 0.29) is 0 Å². The molecule has 1 aromatic carbocycles. The van der Waals surface area contributed by atoms with Gasteiger partial charge in [-0.15, -0.1) is 0 Å². The molecule has 3 rings (SSSR count). The number of aromatic nitrogens is 1. The Kier molecular flexibility index (Phi) is 4.31. The van der Waals surface area contributed by atoms with E-state index >= 15 is 0 Å². The highest BCUT2D eigenvalue weighted by Gasteiger charge is 2.21. The number of hydrogen-bond acceptors (Lipinski definition) is 4. The van der Waals surface area contributed by atoms with Crippen LogP contribution in [0, 0.1) is 5.92 Å². The maximum atomic E-state index is 6.15.